The van der Waals surface area contributed by atoms with Gasteiger partial charge in [-0.15, -0.1) is 0 Å². The number of anilines is 1. The van der Waals surface area contributed by atoms with E-state index in [1.54, 1.807) is 31.4 Å². The van der Waals surface area contributed by atoms with Crippen molar-refractivity contribution in [1.82, 2.24) is 4.90 Å². The van der Waals surface area contributed by atoms with E-state index in [0.29, 0.717) is 18.8 Å². The van der Waals surface area contributed by atoms with Crippen LogP contribution in [0.5, 0.6) is 0 Å². The van der Waals surface area contributed by atoms with Crippen molar-refractivity contribution in [1.29, 1.82) is 0 Å². The Bertz CT molecular complexity index is 724. The van der Waals surface area contributed by atoms with Gasteiger partial charge in [0, 0.05) is 43.5 Å². The van der Waals surface area contributed by atoms with E-state index in [1.165, 1.54) is 0 Å². The van der Waals surface area contributed by atoms with Crippen LogP contribution < -0.4 is 4.90 Å². The molecule has 0 saturated carbocycles. The van der Waals surface area contributed by atoms with E-state index < -0.39 is 0 Å². The standard InChI is InChI=1S/C19H20N2O3/c1-15(22)16-4-6-17(7-5-16)20-10-12-21(13-11-20)19(23)9-8-18-3-2-14-24-18/h2-9,14H,10-13H2,1H3. The third-order valence-electron chi connectivity index (χ3n) is 4.16. The SMILES string of the molecule is CC(=O)c1ccc(N2CCN(C(=O)C=Cc3ccco3)CC2)cc1. The van der Waals surface area contributed by atoms with Crippen LogP contribution in [0.1, 0.15) is 23.0 Å². The number of hydrogen-bond donors (Lipinski definition) is 0. The van der Waals surface area contributed by atoms with Crippen LogP contribution in [0.3, 0.4) is 0 Å². The molecule has 24 heavy (non-hydrogen) atoms. The van der Waals surface area contributed by atoms with Crippen LogP contribution in [0.2, 0.25) is 0 Å². The van der Waals surface area contributed by atoms with Crippen LogP contribution in [0, 0.1) is 0 Å². The number of amides is 1. The van der Waals surface area contributed by atoms with Crippen molar-refractivity contribution < 1.29 is 14.0 Å². The lowest BCUT2D eigenvalue weighted by molar-refractivity contribution is -0.126. The summed E-state index contributed by atoms with van der Waals surface area (Å²) in [7, 11) is 0. The van der Waals surface area contributed by atoms with Gasteiger partial charge in [-0.25, -0.2) is 0 Å². The Labute approximate surface area is 141 Å². The van der Waals surface area contributed by atoms with Crippen molar-refractivity contribution in [3.8, 4) is 0 Å². The largest absolute Gasteiger partial charge is 0.465 e. The number of nitrogens with zero attached hydrogens (tertiary/aromatic N) is 2. The van der Waals surface area contributed by atoms with Crippen LogP contribution in [-0.2, 0) is 4.79 Å². The van der Waals surface area contributed by atoms with Crippen molar-refractivity contribution in [3.05, 3.63) is 60.1 Å². The number of ketones is 1. The Morgan fingerprint density at radius 1 is 1.04 bits per heavy atom. The summed E-state index contributed by atoms with van der Waals surface area (Å²) < 4.78 is 5.18. The Hall–Kier alpha value is -2.82. The molecule has 1 fully saturated rings. The first-order chi connectivity index (χ1) is 11.6. The van der Waals surface area contributed by atoms with Crippen LogP contribution in [0.25, 0.3) is 6.08 Å². The Morgan fingerprint density at radius 3 is 2.33 bits per heavy atom. The van der Waals surface area contributed by atoms with E-state index in [0.717, 1.165) is 24.3 Å². The minimum absolute atomic E-state index is 0.00187. The molecule has 1 amide bonds. The number of carbonyl (C=O) groups is 2. The second-order valence-corrected chi connectivity index (χ2v) is 5.76. The highest BCUT2D eigenvalue weighted by molar-refractivity contribution is 5.94. The monoisotopic (exact) mass is 324 g/mol. The molecule has 0 unspecified atom stereocenters. The molecule has 0 bridgehead atoms. The average Bonchev–Trinajstić information content (AvgIpc) is 3.13. The molecule has 2 aromatic rings. The number of Topliss-reactive ketones (excluding diaryl/α,β-unsaturated/α-hetero) is 1. The first-order valence-corrected chi connectivity index (χ1v) is 8.00. The number of hydrogen-bond acceptors (Lipinski definition) is 4. The van der Waals surface area contributed by atoms with E-state index >= 15 is 0 Å². The van der Waals surface area contributed by atoms with Gasteiger partial charge in [0.2, 0.25) is 5.91 Å². The zero-order valence-electron chi connectivity index (χ0n) is 13.6. The third kappa shape index (κ3) is 3.74. The fourth-order valence-corrected chi connectivity index (χ4v) is 2.74. The molecule has 1 aliphatic heterocycles. The van der Waals surface area contributed by atoms with Crippen molar-refractivity contribution in [2.45, 2.75) is 6.92 Å². The van der Waals surface area contributed by atoms with Gasteiger partial charge in [0.05, 0.1) is 6.26 Å². The molecule has 0 aliphatic carbocycles. The lowest BCUT2D eigenvalue weighted by Gasteiger charge is -2.35. The number of rotatable bonds is 4. The topological polar surface area (TPSA) is 53.8 Å². The van der Waals surface area contributed by atoms with Gasteiger partial charge in [-0.2, -0.15) is 0 Å². The predicted octanol–water partition coefficient (Wildman–Crippen LogP) is 2.84. The maximum atomic E-state index is 12.2. The highest BCUT2D eigenvalue weighted by Crippen LogP contribution is 2.18. The second-order valence-electron chi connectivity index (χ2n) is 5.76. The third-order valence-corrected chi connectivity index (χ3v) is 4.16. The zero-order chi connectivity index (χ0) is 16.9. The van der Waals surface area contributed by atoms with Crippen molar-refractivity contribution in [2.75, 3.05) is 31.1 Å². The molecule has 3 rings (SSSR count). The summed E-state index contributed by atoms with van der Waals surface area (Å²) in [6.45, 7) is 4.47. The fraction of sp³-hybridized carbons (Fsp3) is 0.263. The molecule has 1 aliphatic rings. The van der Waals surface area contributed by atoms with Crippen molar-refractivity contribution in [3.63, 3.8) is 0 Å². The maximum absolute atomic E-state index is 12.2. The molecule has 1 aromatic heterocycles. The van der Waals surface area contributed by atoms with E-state index in [-0.39, 0.29) is 11.7 Å². The van der Waals surface area contributed by atoms with Crippen LogP contribution in [-0.4, -0.2) is 42.8 Å². The van der Waals surface area contributed by atoms with Gasteiger partial charge < -0.3 is 14.2 Å². The first kappa shape index (κ1) is 16.1. The van der Waals surface area contributed by atoms with Crippen molar-refractivity contribution in [2.24, 2.45) is 0 Å². The number of furan rings is 1. The van der Waals surface area contributed by atoms with E-state index in [2.05, 4.69) is 4.90 Å². The Balaban J connectivity index is 1.55. The summed E-state index contributed by atoms with van der Waals surface area (Å²) >= 11 is 0. The lowest BCUT2D eigenvalue weighted by Crippen LogP contribution is -2.48. The van der Waals surface area contributed by atoms with E-state index in [4.69, 9.17) is 4.42 Å². The fourth-order valence-electron chi connectivity index (χ4n) is 2.74. The molecule has 1 aromatic carbocycles. The molecule has 5 nitrogen and oxygen atoms in total. The van der Waals surface area contributed by atoms with Gasteiger partial charge in [0.15, 0.2) is 5.78 Å². The summed E-state index contributed by atoms with van der Waals surface area (Å²) in [5, 5.41) is 0. The lowest BCUT2D eigenvalue weighted by atomic mass is 10.1. The number of carbonyl (C=O) groups excluding carboxylic acids is 2. The summed E-state index contributed by atoms with van der Waals surface area (Å²) in [6, 6.07) is 11.2. The van der Waals surface area contributed by atoms with Gasteiger partial charge in [0.1, 0.15) is 5.76 Å². The Kier molecular flexibility index (Phi) is 4.79. The minimum atomic E-state index is -0.00187. The highest BCUT2D eigenvalue weighted by Gasteiger charge is 2.19. The van der Waals surface area contributed by atoms with Gasteiger partial charge in [-0.3, -0.25) is 9.59 Å². The molecule has 1 saturated heterocycles. The number of benzene rings is 1. The summed E-state index contributed by atoms with van der Waals surface area (Å²) in [6.07, 6.45) is 4.83. The van der Waals surface area contributed by atoms with Crippen LogP contribution in [0.15, 0.2) is 53.2 Å². The maximum Gasteiger partial charge on any atom is 0.246 e. The molecule has 124 valence electrons. The molecular formula is C19H20N2O3. The summed E-state index contributed by atoms with van der Waals surface area (Å²) in [5.41, 5.74) is 1.80. The van der Waals surface area contributed by atoms with Crippen LogP contribution in [0.4, 0.5) is 5.69 Å². The minimum Gasteiger partial charge on any atom is -0.465 e. The number of piperazine rings is 1. The molecule has 0 spiro atoms. The molecule has 0 radical (unpaired) electrons. The highest BCUT2D eigenvalue weighted by atomic mass is 16.3. The van der Waals surface area contributed by atoms with Gasteiger partial charge in [-0.05, 0) is 49.4 Å². The van der Waals surface area contributed by atoms with E-state index in [1.807, 2.05) is 35.2 Å². The van der Waals surface area contributed by atoms with Crippen molar-refractivity contribution >= 4 is 23.5 Å². The van der Waals surface area contributed by atoms with E-state index in [9.17, 15) is 9.59 Å². The molecule has 0 atom stereocenters. The molecule has 5 heteroatoms. The predicted molar refractivity (Wildman–Crippen MR) is 93.0 cm³/mol. The summed E-state index contributed by atoms with van der Waals surface area (Å²) in [4.78, 5) is 27.6. The zero-order valence-corrected chi connectivity index (χ0v) is 13.6. The average molecular weight is 324 g/mol. The normalized spacial score (nSPS) is 15.0. The molecular weight excluding hydrogens is 304 g/mol. The first-order valence-electron chi connectivity index (χ1n) is 8.00. The van der Waals surface area contributed by atoms with Gasteiger partial charge in [-0.1, -0.05) is 0 Å². The van der Waals surface area contributed by atoms with Gasteiger partial charge in [0.25, 0.3) is 0 Å². The molecule has 0 N–H and O–H groups in total. The summed E-state index contributed by atoms with van der Waals surface area (Å²) in [5.74, 6) is 0.742. The Morgan fingerprint density at radius 2 is 1.75 bits per heavy atom. The van der Waals surface area contributed by atoms with Gasteiger partial charge >= 0.3 is 0 Å². The quantitative estimate of drug-likeness (QED) is 0.641. The second kappa shape index (κ2) is 7.17. The molecule has 2 heterocycles. The smallest absolute Gasteiger partial charge is 0.246 e. The van der Waals surface area contributed by atoms with Crippen LogP contribution >= 0.6 is 0 Å².